The van der Waals surface area contributed by atoms with Crippen molar-refractivity contribution in [1.82, 2.24) is 4.98 Å². The van der Waals surface area contributed by atoms with Gasteiger partial charge in [0.25, 0.3) is 0 Å². The second-order valence-corrected chi connectivity index (χ2v) is 5.99. The molecule has 1 aromatic carbocycles. The molecule has 0 aliphatic carbocycles. The number of hydrogen-bond donors (Lipinski definition) is 2. The molecule has 2 aromatic heterocycles. The first-order valence-corrected chi connectivity index (χ1v) is 7.03. The number of aromatic amines is 1. The predicted octanol–water partition coefficient (Wildman–Crippen LogP) is 3.77. The second kappa shape index (κ2) is 4.79. The number of benzene rings is 1. The van der Waals surface area contributed by atoms with Crippen LogP contribution in [0, 0.1) is 12.7 Å². The molecule has 0 aliphatic rings. The molecule has 0 saturated carbocycles. The van der Waals surface area contributed by atoms with Gasteiger partial charge in [-0.1, -0.05) is 0 Å². The highest BCUT2D eigenvalue weighted by Crippen LogP contribution is 2.33. The van der Waals surface area contributed by atoms with Crippen LogP contribution < -0.4 is 5.73 Å². The molecule has 0 saturated heterocycles. The highest BCUT2D eigenvalue weighted by atomic mass is 32.1. The molecule has 3 rings (SSSR count). The van der Waals surface area contributed by atoms with Crippen LogP contribution in [0.1, 0.15) is 21.2 Å². The summed E-state index contributed by atoms with van der Waals surface area (Å²) in [5.74, 6) is -0.0965. The molecule has 0 bridgehead atoms. The molecular weight excluding hydrogens is 259 g/mol. The lowest BCUT2D eigenvalue weighted by atomic mass is 9.97. The summed E-state index contributed by atoms with van der Waals surface area (Å²) in [4.78, 5) is 5.68. The van der Waals surface area contributed by atoms with Gasteiger partial charge in [0.05, 0.1) is 0 Å². The number of nitrogens with one attached hydrogen (secondary N) is 1. The Balaban J connectivity index is 2.13. The lowest BCUT2D eigenvalue weighted by Gasteiger charge is -2.12. The molecule has 2 nitrogen and oxygen atoms in total. The summed E-state index contributed by atoms with van der Waals surface area (Å²) in [6.07, 6.45) is 1.94. The molecule has 3 N–H and O–H groups in total. The van der Waals surface area contributed by atoms with Gasteiger partial charge in [0, 0.05) is 39.3 Å². The molecule has 0 amide bonds. The van der Waals surface area contributed by atoms with Crippen LogP contribution in [-0.2, 0) is 0 Å². The van der Waals surface area contributed by atoms with Crippen molar-refractivity contribution >= 4 is 22.2 Å². The Labute approximate surface area is 115 Å². The van der Waals surface area contributed by atoms with E-state index >= 15 is 0 Å². The lowest BCUT2D eigenvalue weighted by molar-refractivity contribution is 0.629. The third kappa shape index (κ3) is 2.17. The largest absolute Gasteiger partial charge is 0.361 e. The van der Waals surface area contributed by atoms with E-state index < -0.39 is 0 Å². The average molecular weight is 274 g/mol. The summed E-state index contributed by atoms with van der Waals surface area (Å²) >= 11 is 1.74. The minimum atomic E-state index is -0.216. The Morgan fingerprint density at radius 1 is 1.32 bits per heavy atom. The zero-order valence-corrected chi connectivity index (χ0v) is 11.4. The number of halogens is 1. The van der Waals surface area contributed by atoms with Gasteiger partial charge in [-0.05, 0) is 42.8 Å². The van der Waals surface area contributed by atoms with E-state index in [0.717, 1.165) is 16.5 Å². The zero-order valence-electron chi connectivity index (χ0n) is 10.6. The number of aryl methyl sites for hydroxylation is 1. The topological polar surface area (TPSA) is 41.8 Å². The Morgan fingerprint density at radius 3 is 2.84 bits per heavy atom. The monoisotopic (exact) mass is 274 g/mol. The Hall–Kier alpha value is -1.65. The van der Waals surface area contributed by atoms with Crippen molar-refractivity contribution in [3.63, 3.8) is 0 Å². The van der Waals surface area contributed by atoms with E-state index in [1.165, 1.54) is 15.8 Å². The van der Waals surface area contributed by atoms with Crippen LogP contribution >= 0.6 is 11.3 Å². The van der Waals surface area contributed by atoms with E-state index in [2.05, 4.69) is 24.0 Å². The zero-order chi connectivity index (χ0) is 13.4. The number of thiophene rings is 1. The SMILES string of the molecule is Cc1ccc(C(CN)c2c[nH]c3ccc(F)cc23)s1. The summed E-state index contributed by atoms with van der Waals surface area (Å²) in [5, 5.41) is 0.918. The number of hydrogen-bond acceptors (Lipinski definition) is 2. The number of fused-ring (bicyclic) bond motifs is 1. The van der Waals surface area contributed by atoms with E-state index in [1.807, 2.05) is 6.20 Å². The Bertz CT molecular complexity index is 714. The molecule has 0 spiro atoms. The molecule has 1 unspecified atom stereocenters. The van der Waals surface area contributed by atoms with Crippen LogP contribution in [0.15, 0.2) is 36.5 Å². The quantitative estimate of drug-likeness (QED) is 0.750. The van der Waals surface area contributed by atoms with Gasteiger partial charge in [-0.15, -0.1) is 11.3 Å². The van der Waals surface area contributed by atoms with Crippen molar-refractivity contribution in [3.8, 4) is 0 Å². The summed E-state index contributed by atoms with van der Waals surface area (Å²) < 4.78 is 13.4. The van der Waals surface area contributed by atoms with Crippen molar-refractivity contribution in [1.29, 1.82) is 0 Å². The summed E-state index contributed by atoms with van der Waals surface area (Å²) in [7, 11) is 0. The first kappa shape index (κ1) is 12.4. The maximum atomic E-state index is 13.4. The molecule has 0 aliphatic heterocycles. The third-order valence-corrected chi connectivity index (χ3v) is 4.51. The van der Waals surface area contributed by atoms with E-state index in [4.69, 9.17) is 5.73 Å². The fraction of sp³-hybridized carbons (Fsp3) is 0.200. The van der Waals surface area contributed by atoms with E-state index in [0.29, 0.717) is 6.54 Å². The van der Waals surface area contributed by atoms with E-state index in [-0.39, 0.29) is 11.7 Å². The minimum Gasteiger partial charge on any atom is -0.361 e. The first-order chi connectivity index (χ1) is 9.19. The first-order valence-electron chi connectivity index (χ1n) is 6.22. The van der Waals surface area contributed by atoms with Gasteiger partial charge in [0.2, 0.25) is 0 Å². The number of rotatable bonds is 3. The number of H-pyrrole nitrogens is 1. The van der Waals surface area contributed by atoms with Gasteiger partial charge in [0.15, 0.2) is 0 Å². The van der Waals surface area contributed by atoms with Crippen molar-refractivity contribution in [2.75, 3.05) is 6.54 Å². The van der Waals surface area contributed by atoms with Crippen LogP contribution in [0.2, 0.25) is 0 Å². The Morgan fingerprint density at radius 2 is 2.16 bits per heavy atom. The van der Waals surface area contributed by atoms with Crippen LogP contribution in [0.4, 0.5) is 4.39 Å². The number of nitrogens with two attached hydrogens (primary N) is 1. The Kier molecular flexibility index (Phi) is 3.12. The van der Waals surface area contributed by atoms with Gasteiger partial charge in [-0.25, -0.2) is 4.39 Å². The van der Waals surface area contributed by atoms with Gasteiger partial charge < -0.3 is 10.7 Å². The third-order valence-electron chi connectivity index (χ3n) is 3.39. The maximum absolute atomic E-state index is 13.4. The fourth-order valence-corrected chi connectivity index (χ4v) is 3.45. The average Bonchev–Trinajstić information content (AvgIpc) is 2.98. The fourth-order valence-electron chi connectivity index (χ4n) is 2.44. The van der Waals surface area contributed by atoms with Crippen molar-refractivity contribution in [2.24, 2.45) is 5.73 Å². The maximum Gasteiger partial charge on any atom is 0.123 e. The van der Waals surface area contributed by atoms with Crippen molar-refractivity contribution < 1.29 is 4.39 Å². The van der Waals surface area contributed by atoms with Gasteiger partial charge in [-0.3, -0.25) is 0 Å². The van der Waals surface area contributed by atoms with Crippen molar-refractivity contribution in [2.45, 2.75) is 12.8 Å². The van der Waals surface area contributed by atoms with Crippen LogP contribution in [-0.4, -0.2) is 11.5 Å². The summed E-state index contributed by atoms with van der Waals surface area (Å²) in [6.45, 7) is 2.60. The molecule has 19 heavy (non-hydrogen) atoms. The van der Waals surface area contributed by atoms with Crippen LogP contribution in [0.3, 0.4) is 0 Å². The minimum absolute atomic E-state index is 0.120. The predicted molar refractivity (Wildman–Crippen MR) is 78.2 cm³/mol. The van der Waals surface area contributed by atoms with E-state index in [9.17, 15) is 4.39 Å². The molecular formula is C15H15FN2S. The molecule has 3 aromatic rings. The molecule has 4 heteroatoms. The number of aromatic nitrogens is 1. The molecule has 0 radical (unpaired) electrons. The van der Waals surface area contributed by atoms with Crippen LogP contribution in [0.25, 0.3) is 10.9 Å². The standard InChI is InChI=1S/C15H15FN2S/c1-9-2-5-15(19-9)12(7-17)13-8-18-14-4-3-10(16)6-11(13)14/h2-6,8,12,18H,7,17H2,1H3. The highest BCUT2D eigenvalue weighted by molar-refractivity contribution is 7.12. The highest BCUT2D eigenvalue weighted by Gasteiger charge is 2.18. The summed E-state index contributed by atoms with van der Waals surface area (Å²) in [5.41, 5.74) is 7.95. The van der Waals surface area contributed by atoms with Gasteiger partial charge >= 0.3 is 0 Å². The second-order valence-electron chi connectivity index (χ2n) is 4.67. The lowest BCUT2D eigenvalue weighted by Crippen LogP contribution is -2.12. The molecule has 98 valence electrons. The molecule has 0 fully saturated rings. The van der Waals surface area contributed by atoms with Crippen LogP contribution in [0.5, 0.6) is 0 Å². The summed E-state index contributed by atoms with van der Waals surface area (Å²) in [6, 6.07) is 9.01. The van der Waals surface area contributed by atoms with E-state index in [1.54, 1.807) is 23.5 Å². The van der Waals surface area contributed by atoms with Gasteiger partial charge in [-0.2, -0.15) is 0 Å². The molecule has 2 heterocycles. The normalized spacial score (nSPS) is 13.0. The van der Waals surface area contributed by atoms with Gasteiger partial charge in [0.1, 0.15) is 5.82 Å². The smallest absolute Gasteiger partial charge is 0.123 e. The van der Waals surface area contributed by atoms with Crippen molar-refractivity contribution in [3.05, 3.63) is 57.7 Å². The molecule has 1 atom stereocenters.